The molecule has 2 N–H and O–H groups in total. The average molecular weight is 393 g/mol. The molecule has 1 amide bonds. The molecule has 2 aliphatic rings. The van der Waals surface area contributed by atoms with Crippen molar-refractivity contribution in [2.24, 2.45) is 11.7 Å². The van der Waals surface area contributed by atoms with E-state index in [2.05, 4.69) is 0 Å². The number of sulfone groups is 1. The minimum absolute atomic E-state index is 0.00996. The van der Waals surface area contributed by atoms with Crippen molar-refractivity contribution in [3.05, 3.63) is 29.3 Å². The van der Waals surface area contributed by atoms with Crippen LogP contribution in [-0.2, 0) is 14.6 Å². The van der Waals surface area contributed by atoms with Gasteiger partial charge in [0.25, 0.3) is 0 Å². The summed E-state index contributed by atoms with van der Waals surface area (Å²) in [5, 5.41) is 0. The number of carbonyl (C=O) groups excluding carboxylic acids is 1. The molecule has 2 fully saturated rings. The monoisotopic (exact) mass is 392 g/mol. The summed E-state index contributed by atoms with van der Waals surface area (Å²) in [6.07, 6.45) is 4.28. The first-order valence-corrected chi connectivity index (χ1v) is 11.5. The Hall–Kier alpha value is -1.40. The van der Waals surface area contributed by atoms with E-state index in [-0.39, 0.29) is 17.9 Å². The number of amides is 1. The minimum atomic E-state index is -3.76. The molecule has 5 nitrogen and oxygen atoms in total. The second-order valence-electron chi connectivity index (χ2n) is 8.49. The third-order valence-corrected chi connectivity index (χ3v) is 9.07. The van der Waals surface area contributed by atoms with E-state index in [0.29, 0.717) is 36.4 Å². The van der Waals surface area contributed by atoms with Crippen LogP contribution in [0.2, 0.25) is 0 Å². The van der Waals surface area contributed by atoms with Gasteiger partial charge in [-0.05, 0) is 69.6 Å². The average Bonchev–Trinajstić information content (AvgIpc) is 3.14. The van der Waals surface area contributed by atoms with E-state index in [9.17, 15) is 13.2 Å². The van der Waals surface area contributed by atoms with Crippen LogP contribution >= 0.6 is 0 Å². The number of nitrogens with zero attached hydrogens (tertiary/aromatic N) is 1. The fraction of sp³-hybridized carbons (Fsp3) is 0.667. The summed E-state index contributed by atoms with van der Waals surface area (Å²) in [5.74, 6) is 0.0378. The summed E-state index contributed by atoms with van der Waals surface area (Å²) < 4.78 is 26.2. The first-order chi connectivity index (χ1) is 12.7. The van der Waals surface area contributed by atoms with Crippen LogP contribution in [0.4, 0.5) is 0 Å². The number of aryl methyl sites for hydroxylation is 2. The zero-order valence-corrected chi connectivity index (χ0v) is 17.5. The van der Waals surface area contributed by atoms with Crippen LogP contribution in [0.25, 0.3) is 0 Å². The van der Waals surface area contributed by atoms with E-state index < -0.39 is 14.6 Å². The van der Waals surface area contributed by atoms with E-state index >= 15 is 0 Å². The number of piperidine rings is 1. The lowest BCUT2D eigenvalue weighted by Crippen LogP contribution is -2.56. The van der Waals surface area contributed by atoms with Crippen molar-refractivity contribution >= 4 is 15.7 Å². The highest BCUT2D eigenvalue weighted by atomic mass is 32.2. The number of rotatable bonds is 4. The predicted molar refractivity (Wildman–Crippen MR) is 107 cm³/mol. The Labute approximate surface area is 163 Å². The molecule has 3 rings (SSSR count). The zero-order chi connectivity index (χ0) is 19.8. The van der Waals surface area contributed by atoms with Gasteiger partial charge in [0.2, 0.25) is 5.91 Å². The van der Waals surface area contributed by atoms with Gasteiger partial charge < -0.3 is 10.6 Å². The second-order valence-corrected chi connectivity index (χ2v) is 10.7. The van der Waals surface area contributed by atoms with Gasteiger partial charge in [0.15, 0.2) is 14.6 Å². The molecule has 0 aromatic heterocycles. The van der Waals surface area contributed by atoms with E-state index in [0.717, 1.165) is 31.2 Å². The van der Waals surface area contributed by atoms with E-state index in [4.69, 9.17) is 5.73 Å². The molecule has 0 bridgehead atoms. The van der Waals surface area contributed by atoms with Gasteiger partial charge in [0.05, 0.1) is 4.90 Å². The molecule has 27 heavy (non-hydrogen) atoms. The van der Waals surface area contributed by atoms with Gasteiger partial charge in [-0.1, -0.05) is 25.0 Å². The molecule has 6 heteroatoms. The van der Waals surface area contributed by atoms with Crippen molar-refractivity contribution in [1.82, 2.24) is 4.90 Å². The number of carbonyl (C=O) groups is 1. The lowest BCUT2D eigenvalue weighted by molar-refractivity contribution is -0.135. The van der Waals surface area contributed by atoms with Crippen LogP contribution in [0.5, 0.6) is 0 Å². The van der Waals surface area contributed by atoms with Crippen molar-refractivity contribution in [2.75, 3.05) is 13.1 Å². The highest BCUT2D eigenvalue weighted by Gasteiger charge is 2.55. The number of nitrogens with two attached hydrogens (primary N) is 1. The lowest BCUT2D eigenvalue weighted by Gasteiger charge is -2.39. The van der Waals surface area contributed by atoms with Gasteiger partial charge in [-0.2, -0.15) is 0 Å². The summed E-state index contributed by atoms with van der Waals surface area (Å²) in [7, 11) is -3.76. The summed E-state index contributed by atoms with van der Waals surface area (Å²) in [4.78, 5) is 15.7. The number of hydrogen-bond donors (Lipinski definition) is 1. The summed E-state index contributed by atoms with van der Waals surface area (Å²) in [6.45, 7) is 6.87. The zero-order valence-electron chi connectivity index (χ0n) is 16.7. The SMILES string of the molecule is Cc1ccc(C)c(S(=O)(=O)C2(C(=O)N3CCC[C@H]([C@H](C)N)C3)CCCC2)c1. The number of hydrogen-bond acceptors (Lipinski definition) is 4. The van der Waals surface area contributed by atoms with E-state index in [1.165, 1.54) is 0 Å². The molecule has 0 radical (unpaired) electrons. The van der Waals surface area contributed by atoms with Crippen molar-refractivity contribution in [1.29, 1.82) is 0 Å². The normalized spacial score (nSPS) is 24.0. The quantitative estimate of drug-likeness (QED) is 0.854. The van der Waals surface area contributed by atoms with Gasteiger partial charge in [-0.25, -0.2) is 8.42 Å². The molecule has 1 saturated carbocycles. The van der Waals surface area contributed by atoms with Crippen LogP contribution in [-0.4, -0.2) is 43.1 Å². The van der Waals surface area contributed by atoms with Crippen LogP contribution < -0.4 is 5.73 Å². The highest BCUT2D eigenvalue weighted by Crippen LogP contribution is 2.43. The molecule has 1 aliphatic heterocycles. The molecule has 1 aromatic carbocycles. The van der Waals surface area contributed by atoms with Gasteiger partial charge in [0.1, 0.15) is 0 Å². The topological polar surface area (TPSA) is 80.5 Å². The number of likely N-dealkylation sites (tertiary alicyclic amines) is 1. The first-order valence-electron chi connectivity index (χ1n) is 10.1. The third-order valence-electron chi connectivity index (χ3n) is 6.44. The molecule has 0 spiro atoms. The van der Waals surface area contributed by atoms with E-state index in [1.807, 2.05) is 32.9 Å². The molecule has 2 atom stereocenters. The Morgan fingerprint density at radius 2 is 1.89 bits per heavy atom. The van der Waals surface area contributed by atoms with Gasteiger partial charge in [0, 0.05) is 19.1 Å². The molecular formula is C21H32N2O3S. The fourth-order valence-corrected chi connectivity index (χ4v) is 7.10. The van der Waals surface area contributed by atoms with Crippen LogP contribution in [0.15, 0.2) is 23.1 Å². The van der Waals surface area contributed by atoms with Crippen LogP contribution in [0.3, 0.4) is 0 Å². The maximum Gasteiger partial charge on any atom is 0.244 e. The molecule has 0 unspecified atom stereocenters. The maximum absolute atomic E-state index is 13.8. The van der Waals surface area contributed by atoms with Crippen molar-refractivity contribution < 1.29 is 13.2 Å². The summed E-state index contributed by atoms with van der Waals surface area (Å²) in [6, 6.07) is 5.48. The van der Waals surface area contributed by atoms with Crippen molar-refractivity contribution in [3.63, 3.8) is 0 Å². The summed E-state index contributed by atoms with van der Waals surface area (Å²) >= 11 is 0. The lowest BCUT2D eigenvalue weighted by atomic mass is 9.91. The minimum Gasteiger partial charge on any atom is -0.341 e. The van der Waals surface area contributed by atoms with Crippen molar-refractivity contribution in [3.8, 4) is 0 Å². The van der Waals surface area contributed by atoms with Gasteiger partial charge >= 0.3 is 0 Å². The molecule has 1 aliphatic carbocycles. The Kier molecular flexibility index (Phi) is 5.69. The standard InChI is InChI=1S/C21H32N2O3S/c1-15-8-9-16(2)19(13-15)27(25,26)21(10-4-5-11-21)20(24)23-12-6-7-18(14-23)17(3)22/h8-9,13,17-18H,4-7,10-12,14,22H2,1-3H3/t17-,18-/m0/s1. The van der Waals surface area contributed by atoms with Crippen molar-refractivity contribution in [2.45, 2.75) is 75.0 Å². The Bertz CT molecular complexity index is 811. The summed E-state index contributed by atoms with van der Waals surface area (Å²) in [5.41, 5.74) is 7.69. The molecule has 1 heterocycles. The molecule has 1 aromatic rings. The van der Waals surface area contributed by atoms with Gasteiger partial charge in [-0.3, -0.25) is 4.79 Å². The first kappa shape index (κ1) is 20.3. The fourth-order valence-electron chi connectivity index (χ4n) is 4.66. The molecular weight excluding hydrogens is 360 g/mol. The van der Waals surface area contributed by atoms with Crippen LogP contribution in [0, 0.1) is 19.8 Å². The molecule has 1 saturated heterocycles. The smallest absolute Gasteiger partial charge is 0.244 e. The second kappa shape index (κ2) is 7.55. The number of benzene rings is 1. The predicted octanol–water partition coefficient (Wildman–Crippen LogP) is 2.98. The maximum atomic E-state index is 13.8. The van der Waals surface area contributed by atoms with E-state index in [1.54, 1.807) is 11.0 Å². The Morgan fingerprint density at radius 1 is 1.22 bits per heavy atom. The highest BCUT2D eigenvalue weighted by molar-refractivity contribution is 7.93. The largest absolute Gasteiger partial charge is 0.341 e. The van der Waals surface area contributed by atoms with Gasteiger partial charge in [-0.15, -0.1) is 0 Å². The molecule has 150 valence electrons. The Morgan fingerprint density at radius 3 is 2.52 bits per heavy atom. The third kappa shape index (κ3) is 3.54. The Balaban J connectivity index is 2.00. The van der Waals surface area contributed by atoms with Crippen LogP contribution in [0.1, 0.15) is 56.6 Å².